The Hall–Kier alpha value is -0.850. The maximum Gasteiger partial charge on any atom is 0.0407 e. The van der Waals surface area contributed by atoms with Crippen LogP contribution in [0.4, 0.5) is 0 Å². The molecule has 1 aromatic heterocycles. The minimum absolute atomic E-state index is 0.727. The van der Waals surface area contributed by atoms with E-state index in [1.807, 2.05) is 6.20 Å². The lowest BCUT2D eigenvalue weighted by atomic mass is 9.88. The van der Waals surface area contributed by atoms with Crippen LogP contribution in [-0.2, 0) is 0 Å². The number of aryl methyl sites for hydroxylation is 1. The highest BCUT2D eigenvalue weighted by Gasteiger charge is 2.12. The summed E-state index contributed by atoms with van der Waals surface area (Å²) in [7, 11) is 0. The molecule has 0 fully saturated rings. The van der Waals surface area contributed by atoms with E-state index in [0.29, 0.717) is 0 Å². The topological polar surface area (TPSA) is 12.9 Å². The smallest absolute Gasteiger partial charge is 0.0407 e. The SMILES string of the molecule is CCCCCCC(CCC)c1cccnc1C. The number of hydrogen-bond donors (Lipinski definition) is 0. The van der Waals surface area contributed by atoms with Crippen molar-refractivity contribution < 1.29 is 0 Å². The van der Waals surface area contributed by atoms with Gasteiger partial charge in [-0.2, -0.15) is 0 Å². The molecule has 1 rings (SSSR count). The first-order valence-corrected chi connectivity index (χ1v) is 7.21. The predicted octanol–water partition coefficient (Wildman–Crippen LogP) is 5.24. The van der Waals surface area contributed by atoms with Gasteiger partial charge in [-0.25, -0.2) is 0 Å². The zero-order valence-corrected chi connectivity index (χ0v) is 11.7. The van der Waals surface area contributed by atoms with Crippen molar-refractivity contribution in [3.8, 4) is 0 Å². The van der Waals surface area contributed by atoms with Gasteiger partial charge in [-0.15, -0.1) is 0 Å². The van der Waals surface area contributed by atoms with Gasteiger partial charge >= 0.3 is 0 Å². The molecule has 0 saturated heterocycles. The maximum atomic E-state index is 4.43. The quantitative estimate of drug-likeness (QED) is 0.559. The summed E-state index contributed by atoms with van der Waals surface area (Å²) in [6.07, 6.45) is 11.3. The van der Waals surface area contributed by atoms with E-state index >= 15 is 0 Å². The van der Waals surface area contributed by atoms with Gasteiger partial charge < -0.3 is 0 Å². The molecular formula is C16H27N. The third-order valence-corrected chi connectivity index (χ3v) is 3.53. The molecule has 0 aromatic carbocycles. The van der Waals surface area contributed by atoms with Crippen LogP contribution in [0.15, 0.2) is 18.3 Å². The molecule has 1 heteroatoms. The van der Waals surface area contributed by atoms with Crippen LogP contribution in [0.1, 0.15) is 76.0 Å². The lowest BCUT2D eigenvalue weighted by molar-refractivity contribution is 0.518. The highest BCUT2D eigenvalue weighted by Crippen LogP contribution is 2.28. The first-order chi connectivity index (χ1) is 8.29. The summed E-state index contributed by atoms with van der Waals surface area (Å²) < 4.78 is 0. The summed E-state index contributed by atoms with van der Waals surface area (Å²) in [5.74, 6) is 0.727. The van der Waals surface area contributed by atoms with E-state index in [-0.39, 0.29) is 0 Å². The van der Waals surface area contributed by atoms with Crippen LogP contribution < -0.4 is 0 Å². The maximum absolute atomic E-state index is 4.43. The third-order valence-electron chi connectivity index (χ3n) is 3.53. The normalized spacial score (nSPS) is 12.6. The minimum Gasteiger partial charge on any atom is -0.261 e. The molecule has 0 radical (unpaired) electrons. The fourth-order valence-electron chi connectivity index (χ4n) is 2.55. The molecule has 1 nitrogen and oxygen atoms in total. The van der Waals surface area contributed by atoms with E-state index in [1.165, 1.54) is 56.2 Å². The summed E-state index contributed by atoms with van der Waals surface area (Å²) in [6, 6.07) is 4.35. The molecular weight excluding hydrogens is 206 g/mol. The van der Waals surface area contributed by atoms with Crippen LogP contribution in [-0.4, -0.2) is 4.98 Å². The molecule has 1 heterocycles. The second kappa shape index (κ2) is 8.27. The lowest BCUT2D eigenvalue weighted by Crippen LogP contribution is -2.02. The number of hydrogen-bond acceptors (Lipinski definition) is 1. The van der Waals surface area contributed by atoms with Crippen molar-refractivity contribution in [2.45, 2.75) is 71.6 Å². The fourth-order valence-corrected chi connectivity index (χ4v) is 2.55. The van der Waals surface area contributed by atoms with E-state index in [1.54, 1.807) is 0 Å². The molecule has 0 bridgehead atoms. The number of unbranched alkanes of at least 4 members (excludes halogenated alkanes) is 3. The van der Waals surface area contributed by atoms with Crippen molar-refractivity contribution in [2.75, 3.05) is 0 Å². The van der Waals surface area contributed by atoms with Gasteiger partial charge in [-0.3, -0.25) is 4.98 Å². The first-order valence-electron chi connectivity index (χ1n) is 7.21. The van der Waals surface area contributed by atoms with E-state index in [9.17, 15) is 0 Å². The summed E-state index contributed by atoms with van der Waals surface area (Å²) in [5.41, 5.74) is 2.70. The van der Waals surface area contributed by atoms with Crippen LogP contribution in [0.5, 0.6) is 0 Å². The molecule has 1 unspecified atom stereocenters. The Morgan fingerprint density at radius 1 is 1.06 bits per heavy atom. The molecule has 1 aromatic rings. The van der Waals surface area contributed by atoms with Crippen molar-refractivity contribution in [1.82, 2.24) is 4.98 Å². The van der Waals surface area contributed by atoms with Gasteiger partial charge in [0.1, 0.15) is 0 Å². The lowest BCUT2D eigenvalue weighted by Gasteiger charge is -2.18. The predicted molar refractivity (Wildman–Crippen MR) is 75.4 cm³/mol. The second-order valence-corrected chi connectivity index (χ2v) is 5.01. The number of aromatic nitrogens is 1. The van der Waals surface area contributed by atoms with Crippen molar-refractivity contribution in [3.63, 3.8) is 0 Å². The average molecular weight is 233 g/mol. The minimum atomic E-state index is 0.727. The van der Waals surface area contributed by atoms with Crippen LogP contribution in [0, 0.1) is 6.92 Å². The van der Waals surface area contributed by atoms with Gasteiger partial charge in [-0.05, 0) is 37.3 Å². The van der Waals surface area contributed by atoms with Crippen LogP contribution in [0.3, 0.4) is 0 Å². The molecule has 0 N–H and O–H groups in total. The highest BCUT2D eigenvalue weighted by atomic mass is 14.7. The Morgan fingerprint density at radius 2 is 1.88 bits per heavy atom. The summed E-state index contributed by atoms with van der Waals surface area (Å²) in [6.45, 7) is 6.70. The molecule has 1 atom stereocenters. The van der Waals surface area contributed by atoms with Gasteiger partial charge in [0.15, 0.2) is 0 Å². The third kappa shape index (κ3) is 4.89. The van der Waals surface area contributed by atoms with Gasteiger partial charge in [0.05, 0.1) is 0 Å². The molecule has 0 aliphatic rings. The molecule has 0 saturated carbocycles. The molecule has 0 aliphatic carbocycles. The Kier molecular flexibility index (Phi) is 6.91. The molecule has 0 amide bonds. The Bertz CT molecular complexity index is 306. The van der Waals surface area contributed by atoms with Crippen LogP contribution >= 0.6 is 0 Å². The van der Waals surface area contributed by atoms with E-state index in [4.69, 9.17) is 0 Å². The summed E-state index contributed by atoms with van der Waals surface area (Å²) in [4.78, 5) is 4.43. The van der Waals surface area contributed by atoms with Crippen molar-refractivity contribution in [3.05, 3.63) is 29.6 Å². The molecule has 0 spiro atoms. The monoisotopic (exact) mass is 233 g/mol. The summed E-state index contributed by atoms with van der Waals surface area (Å²) >= 11 is 0. The summed E-state index contributed by atoms with van der Waals surface area (Å²) in [5, 5.41) is 0. The standard InChI is InChI=1S/C16H27N/c1-4-6-7-8-11-15(10-5-2)16-12-9-13-17-14(16)3/h9,12-13,15H,4-8,10-11H2,1-3H3. The van der Waals surface area contributed by atoms with E-state index < -0.39 is 0 Å². The largest absolute Gasteiger partial charge is 0.261 e. The van der Waals surface area contributed by atoms with Crippen LogP contribution in [0.25, 0.3) is 0 Å². The van der Waals surface area contributed by atoms with Crippen LogP contribution in [0.2, 0.25) is 0 Å². The van der Waals surface area contributed by atoms with Gasteiger partial charge in [0.2, 0.25) is 0 Å². The zero-order chi connectivity index (χ0) is 12.5. The Labute approximate surface area is 107 Å². The first kappa shape index (κ1) is 14.2. The van der Waals surface area contributed by atoms with Crippen molar-refractivity contribution >= 4 is 0 Å². The van der Waals surface area contributed by atoms with Crippen molar-refractivity contribution in [2.24, 2.45) is 0 Å². The van der Waals surface area contributed by atoms with Gasteiger partial charge in [0.25, 0.3) is 0 Å². The second-order valence-electron chi connectivity index (χ2n) is 5.01. The van der Waals surface area contributed by atoms with Gasteiger partial charge in [0, 0.05) is 11.9 Å². The Balaban J connectivity index is 2.56. The van der Waals surface area contributed by atoms with E-state index in [0.717, 1.165) is 5.92 Å². The number of pyridine rings is 1. The molecule has 96 valence electrons. The number of rotatable bonds is 8. The molecule has 0 aliphatic heterocycles. The van der Waals surface area contributed by atoms with Gasteiger partial charge in [-0.1, -0.05) is 52.0 Å². The average Bonchev–Trinajstić information content (AvgIpc) is 2.34. The Morgan fingerprint density at radius 3 is 2.53 bits per heavy atom. The molecule has 17 heavy (non-hydrogen) atoms. The number of nitrogens with zero attached hydrogens (tertiary/aromatic N) is 1. The highest BCUT2D eigenvalue weighted by molar-refractivity contribution is 5.22. The van der Waals surface area contributed by atoms with E-state index in [2.05, 4.69) is 37.9 Å². The fraction of sp³-hybridized carbons (Fsp3) is 0.688. The zero-order valence-electron chi connectivity index (χ0n) is 11.7. The van der Waals surface area contributed by atoms with Crippen molar-refractivity contribution in [1.29, 1.82) is 0 Å².